The maximum Gasteiger partial charge on any atom is 0.219 e. The molecule has 1 amide bonds. The van der Waals surface area contributed by atoms with E-state index < -0.39 is 11.9 Å². The second-order valence-corrected chi connectivity index (χ2v) is 3.67. The molecular weight excluding hydrogens is 236 g/mol. The van der Waals surface area contributed by atoms with Gasteiger partial charge in [-0.3, -0.25) is 9.48 Å². The Morgan fingerprint density at radius 3 is 2.85 bits per heavy atom. The van der Waals surface area contributed by atoms with E-state index in [-0.39, 0.29) is 6.42 Å². The molecule has 4 N–H and O–H groups in total. The normalized spacial score (nSPS) is 12.8. The Labute approximate surface area is 84.2 Å². The molecule has 5 nitrogen and oxygen atoms in total. The lowest BCUT2D eigenvalue weighted by molar-refractivity contribution is -0.118. The van der Waals surface area contributed by atoms with Gasteiger partial charge in [0.15, 0.2) is 0 Å². The molecule has 0 saturated heterocycles. The fourth-order valence-corrected chi connectivity index (χ4v) is 1.71. The molecule has 0 radical (unpaired) electrons. The van der Waals surface area contributed by atoms with Crippen LogP contribution in [0.1, 0.15) is 18.2 Å². The summed E-state index contributed by atoms with van der Waals surface area (Å²) >= 11 is 3.29. The molecule has 0 aliphatic carbocycles. The quantitative estimate of drug-likeness (QED) is 0.791. The van der Waals surface area contributed by atoms with Crippen molar-refractivity contribution in [2.75, 3.05) is 0 Å². The smallest absolute Gasteiger partial charge is 0.219 e. The summed E-state index contributed by atoms with van der Waals surface area (Å²) in [6.07, 6.45) is 1.88. The standard InChI is InChI=1S/C7H11BrN4O/c1-12-3-4(8)7(11-12)5(9)2-6(10)13/h3,5H,2,9H2,1H3,(H2,10,13). The van der Waals surface area contributed by atoms with Crippen molar-refractivity contribution in [2.24, 2.45) is 18.5 Å². The Bertz CT molecular complexity index is 322. The number of hydrogen-bond donors (Lipinski definition) is 2. The number of aryl methyl sites for hydroxylation is 1. The van der Waals surface area contributed by atoms with Gasteiger partial charge in [0.2, 0.25) is 5.91 Å². The predicted octanol–water partition coefficient (Wildman–Crippen LogP) is 0.0578. The van der Waals surface area contributed by atoms with Gasteiger partial charge in [-0.1, -0.05) is 0 Å². The SMILES string of the molecule is Cn1cc(Br)c(C(N)CC(N)=O)n1. The molecule has 1 atom stereocenters. The van der Waals surface area contributed by atoms with Gasteiger partial charge in [0, 0.05) is 19.7 Å². The number of aromatic nitrogens is 2. The van der Waals surface area contributed by atoms with Gasteiger partial charge in [-0.05, 0) is 15.9 Å². The van der Waals surface area contributed by atoms with Crippen molar-refractivity contribution < 1.29 is 4.79 Å². The van der Waals surface area contributed by atoms with Crippen LogP contribution in [0, 0.1) is 0 Å². The third-order valence-corrected chi connectivity index (χ3v) is 2.19. The third-order valence-electron chi connectivity index (χ3n) is 1.58. The topological polar surface area (TPSA) is 86.9 Å². The van der Waals surface area contributed by atoms with Gasteiger partial charge in [0.25, 0.3) is 0 Å². The van der Waals surface area contributed by atoms with Crippen LogP contribution in [-0.4, -0.2) is 15.7 Å². The highest BCUT2D eigenvalue weighted by atomic mass is 79.9. The number of halogens is 1. The monoisotopic (exact) mass is 246 g/mol. The molecule has 1 unspecified atom stereocenters. The fraction of sp³-hybridized carbons (Fsp3) is 0.429. The molecule has 1 heterocycles. The Kier molecular flexibility index (Phi) is 3.05. The Hall–Kier alpha value is -0.880. The van der Waals surface area contributed by atoms with Crippen LogP contribution in [-0.2, 0) is 11.8 Å². The first-order valence-electron chi connectivity index (χ1n) is 3.73. The van der Waals surface area contributed by atoms with Crippen molar-refractivity contribution in [1.82, 2.24) is 9.78 Å². The van der Waals surface area contributed by atoms with Crippen LogP contribution in [0.15, 0.2) is 10.7 Å². The van der Waals surface area contributed by atoms with E-state index >= 15 is 0 Å². The number of nitrogens with two attached hydrogens (primary N) is 2. The Morgan fingerprint density at radius 2 is 2.46 bits per heavy atom. The van der Waals surface area contributed by atoms with E-state index in [2.05, 4.69) is 21.0 Å². The largest absolute Gasteiger partial charge is 0.370 e. The highest BCUT2D eigenvalue weighted by Gasteiger charge is 2.15. The van der Waals surface area contributed by atoms with Crippen LogP contribution in [0.4, 0.5) is 0 Å². The lowest BCUT2D eigenvalue weighted by Crippen LogP contribution is -2.21. The van der Waals surface area contributed by atoms with Crippen LogP contribution in [0.2, 0.25) is 0 Å². The molecule has 13 heavy (non-hydrogen) atoms. The van der Waals surface area contributed by atoms with Crippen LogP contribution in [0.25, 0.3) is 0 Å². The van der Waals surface area contributed by atoms with Gasteiger partial charge < -0.3 is 11.5 Å². The third kappa shape index (κ3) is 2.53. The summed E-state index contributed by atoms with van der Waals surface area (Å²) in [5.41, 5.74) is 11.4. The summed E-state index contributed by atoms with van der Waals surface area (Å²) in [7, 11) is 1.78. The molecule has 0 bridgehead atoms. The van der Waals surface area contributed by atoms with E-state index in [4.69, 9.17) is 11.5 Å². The summed E-state index contributed by atoms with van der Waals surface area (Å²) in [4.78, 5) is 10.6. The van der Waals surface area contributed by atoms with E-state index in [9.17, 15) is 4.79 Å². The van der Waals surface area contributed by atoms with Crippen molar-refractivity contribution in [3.8, 4) is 0 Å². The summed E-state index contributed by atoms with van der Waals surface area (Å²) < 4.78 is 2.42. The number of hydrogen-bond acceptors (Lipinski definition) is 3. The molecule has 0 fully saturated rings. The fourth-order valence-electron chi connectivity index (χ4n) is 1.04. The van der Waals surface area contributed by atoms with Crippen LogP contribution in [0.3, 0.4) is 0 Å². The highest BCUT2D eigenvalue weighted by Crippen LogP contribution is 2.21. The summed E-state index contributed by atoms with van der Waals surface area (Å²) in [6, 6.07) is -0.437. The molecule has 0 aliphatic rings. The van der Waals surface area contributed by atoms with Crippen LogP contribution >= 0.6 is 15.9 Å². The molecule has 1 aromatic rings. The number of rotatable bonds is 3. The van der Waals surface area contributed by atoms with Gasteiger partial charge >= 0.3 is 0 Å². The predicted molar refractivity (Wildman–Crippen MR) is 51.6 cm³/mol. The van der Waals surface area contributed by atoms with E-state index in [0.717, 1.165) is 4.47 Å². The summed E-state index contributed by atoms with van der Waals surface area (Å²) in [5, 5.41) is 4.10. The maximum atomic E-state index is 10.6. The Balaban J connectivity index is 2.81. The van der Waals surface area contributed by atoms with E-state index in [0.29, 0.717) is 5.69 Å². The molecular formula is C7H11BrN4O. The zero-order valence-corrected chi connectivity index (χ0v) is 8.78. The first-order chi connectivity index (χ1) is 6.00. The average molecular weight is 247 g/mol. The number of nitrogens with zero attached hydrogens (tertiary/aromatic N) is 2. The van der Waals surface area contributed by atoms with Gasteiger partial charge in [-0.25, -0.2) is 0 Å². The summed E-state index contributed by atoms with van der Waals surface area (Å²) in [5.74, 6) is -0.426. The number of carbonyl (C=O) groups excluding carboxylic acids is 1. The number of primary amides is 1. The second-order valence-electron chi connectivity index (χ2n) is 2.81. The molecule has 72 valence electrons. The van der Waals surface area contributed by atoms with E-state index in [1.54, 1.807) is 17.9 Å². The van der Waals surface area contributed by atoms with Gasteiger partial charge in [-0.15, -0.1) is 0 Å². The first kappa shape index (κ1) is 10.2. The summed E-state index contributed by atoms with van der Waals surface area (Å²) in [6.45, 7) is 0. The zero-order chi connectivity index (χ0) is 10.0. The minimum absolute atomic E-state index is 0.107. The average Bonchev–Trinajstić information content (AvgIpc) is 2.28. The van der Waals surface area contributed by atoms with Crippen LogP contribution in [0.5, 0.6) is 0 Å². The van der Waals surface area contributed by atoms with Gasteiger partial charge in [0.05, 0.1) is 16.2 Å². The highest BCUT2D eigenvalue weighted by molar-refractivity contribution is 9.10. The van der Waals surface area contributed by atoms with E-state index in [1.807, 2.05) is 0 Å². The first-order valence-corrected chi connectivity index (χ1v) is 4.53. The van der Waals surface area contributed by atoms with E-state index in [1.165, 1.54) is 0 Å². The van der Waals surface area contributed by atoms with Crippen molar-refractivity contribution in [1.29, 1.82) is 0 Å². The van der Waals surface area contributed by atoms with Crippen molar-refractivity contribution in [3.63, 3.8) is 0 Å². The molecule has 0 spiro atoms. The van der Waals surface area contributed by atoms with Gasteiger partial charge in [0.1, 0.15) is 0 Å². The molecule has 0 aromatic carbocycles. The Morgan fingerprint density at radius 1 is 1.85 bits per heavy atom. The minimum Gasteiger partial charge on any atom is -0.370 e. The molecule has 1 rings (SSSR count). The molecule has 0 saturated carbocycles. The minimum atomic E-state index is -0.437. The lowest BCUT2D eigenvalue weighted by Gasteiger charge is -2.05. The van der Waals surface area contributed by atoms with Crippen molar-refractivity contribution in [2.45, 2.75) is 12.5 Å². The molecule has 6 heteroatoms. The maximum absolute atomic E-state index is 10.6. The van der Waals surface area contributed by atoms with Gasteiger partial charge in [-0.2, -0.15) is 5.10 Å². The molecule has 1 aromatic heterocycles. The number of amides is 1. The molecule has 0 aliphatic heterocycles. The van der Waals surface area contributed by atoms with Crippen molar-refractivity contribution in [3.05, 3.63) is 16.4 Å². The second kappa shape index (κ2) is 3.89. The van der Waals surface area contributed by atoms with Crippen LogP contribution < -0.4 is 11.5 Å². The number of carbonyl (C=O) groups is 1. The zero-order valence-electron chi connectivity index (χ0n) is 7.20. The van der Waals surface area contributed by atoms with Crippen molar-refractivity contribution >= 4 is 21.8 Å². The lowest BCUT2D eigenvalue weighted by atomic mass is 10.1.